The lowest BCUT2D eigenvalue weighted by atomic mass is 10.1. The predicted octanol–water partition coefficient (Wildman–Crippen LogP) is 2.14. The van der Waals surface area contributed by atoms with Crippen molar-refractivity contribution in [2.24, 2.45) is 5.73 Å². The van der Waals surface area contributed by atoms with E-state index >= 15 is 0 Å². The van der Waals surface area contributed by atoms with Crippen molar-refractivity contribution in [3.8, 4) is 0 Å². The van der Waals surface area contributed by atoms with Crippen molar-refractivity contribution in [1.82, 2.24) is 15.0 Å². The second kappa shape index (κ2) is 7.25. The monoisotopic (exact) mass is 307 g/mol. The average Bonchev–Trinajstić information content (AvgIpc) is 2.92. The molecule has 106 valence electrons. The smallest absolute Gasteiger partial charge is 0.107 e. The van der Waals surface area contributed by atoms with Gasteiger partial charge in [0.05, 0.1) is 12.7 Å². The standard InChI is InChI=1S/C13H17N5S2/c1-2-20-11-5-3-4-10(12(11)13(14)19)15-6-8-18-9-7-16-17-18/h3-5,7,9,15H,2,6,8H2,1H3,(H2,14,19). The first-order chi connectivity index (χ1) is 9.72. The largest absolute Gasteiger partial charge is 0.389 e. The molecule has 0 unspecified atom stereocenters. The van der Waals surface area contributed by atoms with Crippen LogP contribution >= 0.6 is 24.0 Å². The molecule has 3 N–H and O–H groups in total. The van der Waals surface area contributed by atoms with Crippen LogP contribution in [0, 0.1) is 0 Å². The third-order valence-electron chi connectivity index (χ3n) is 2.70. The first kappa shape index (κ1) is 14.8. The van der Waals surface area contributed by atoms with Crippen molar-refractivity contribution in [3.05, 3.63) is 36.2 Å². The molecule has 0 aliphatic carbocycles. The van der Waals surface area contributed by atoms with Gasteiger partial charge in [0.25, 0.3) is 0 Å². The number of rotatable bonds is 7. The van der Waals surface area contributed by atoms with Gasteiger partial charge in [-0.2, -0.15) is 0 Å². The summed E-state index contributed by atoms with van der Waals surface area (Å²) in [6.07, 6.45) is 3.50. The molecule has 7 heteroatoms. The first-order valence-electron chi connectivity index (χ1n) is 6.36. The summed E-state index contributed by atoms with van der Waals surface area (Å²) in [7, 11) is 0. The van der Waals surface area contributed by atoms with Crippen LogP contribution in [0.2, 0.25) is 0 Å². The van der Waals surface area contributed by atoms with Crippen molar-refractivity contribution >= 4 is 34.7 Å². The van der Waals surface area contributed by atoms with Crippen LogP contribution in [0.4, 0.5) is 5.69 Å². The van der Waals surface area contributed by atoms with Crippen LogP contribution in [-0.4, -0.2) is 32.3 Å². The van der Waals surface area contributed by atoms with Crippen LogP contribution in [0.1, 0.15) is 12.5 Å². The van der Waals surface area contributed by atoms with E-state index in [1.165, 1.54) is 0 Å². The maximum absolute atomic E-state index is 5.86. The molecule has 20 heavy (non-hydrogen) atoms. The molecule has 1 heterocycles. The Morgan fingerprint density at radius 1 is 1.50 bits per heavy atom. The molecule has 0 bridgehead atoms. The zero-order valence-electron chi connectivity index (χ0n) is 11.2. The summed E-state index contributed by atoms with van der Waals surface area (Å²) in [5.74, 6) is 0.984. The topological polar surface area (TPSA) is 68.8 Å². The molecule has 5 nitrogen and oxygen atoms in total. The molecule has 2 aromatic rings. The Morgan fingerprint density at radius 3 is 3.00 bits per heavy atom. The van der Waals surface area contributed by atoms with Crippen molar-refractivity contribution in [1.29, 1.82) is 0 Å². The van der Waals surface area contributed by atoms with Crippen LogP contribution in [0.3, 0.4) is 0 Å². The Balaban J connectivity index is 2.09. The zero-order valence-corrected chi connectivity index (χ0v) is 12.9. The van der Waals surface area contributed by atoms with Crippen molar-refractivity contribution in [2.75, 3.05) is 17.6 Å². The van der Waals surface area contributed by atoms with Gasteiger partial charge in [-0.3, -0.25) is 4.68 Å². The Hall–Kier alpha value is -1.60. The van der Waals surface area contributed by atoms with Gasteiger partial charge < -0.3 is 11.1 Å². The summed E-state index contributed by atoms with van der Waals surface area (Å²) >= 11 is 6.92. The number of thioether (sulfide) groups is 1. The van der Waals surface area contributed by atoms with Gasteiger partial charge in [0.1, 0.15) is 4.99 Å². The van der Waals surface area contributed by atoms with E-state index in [1.54, 1.807) is 22.6 Å². The van der Waals surface area contributed by atoms with E-state index in [2.05, 4.69) is 22.6 Å². The lowest BCUT2D eigenvalue weighted by Crippen LogP contribution is -2.17. The lowest BCUT2D eigenvalue weighted by Gasteiger charge is -2.14. The fraction of sp³-hybridized carbons (Fsp3) is 0.308. The van der Waals surface area contributed by atoms with Gasteiger partial charge >= 0.3 is 0 Å². The highest BCUT2D eigenvalue weighted by Gasteiger charge is 2.10. The Bertz CT molecular complexity index is 568. The molecular weight excluding hydrogens is 290 g/mol. The zero-order chi connectivity index (χ0) is 14.4. The van der Waals surface area contributed by atoms with Gasteiger partial charge in [-0.1, -0.05) is 30.4 Å². The molecular formula is C13H17N5S2. The number of hydrogen-bond donors (Lipinski definition) is 2. The van der Waals surface area contributed by atoms with Crippen molar-refractivity contribution in [2.45, 2.75) is 18.4 Å². The molecule has 0 spiro atoms. The molecule has 0 aliphatic heterocycles. The summed E-state index contributed by atoms with van der Waals surface area (Å²) in [6, 6.07) is 6.05. The summed E-state index contributed by atoms with van der Waals surface area (Å²) in [6.45, 7) is 3.58. The minimum atomic E-state index is 0.421. The van der Waals surface area contributed by atoms with Crippen LogP contribution in [0.15, 0.2) is 35.5 Å². The molecule has 0 saturated heterocycles. The highest BCUT2D eigenvalue weighted by molar-refractivity contribution is 7.99. The fourth-order valence-corrected chi connectivity index (χ4v) is 3.00. The van der Waals surface area contributed by atoms with Crippen molar-refractivity contribution in [3.63, 3.8) is 0 Å². The second-order valence-electron chi connectivity index (χ2n) is 4.07. The second-order valence-corrected chi connectivity index (χ2v) is 5.81. The third-order valence-corrected chi connectivity index (χ3v) is 3.84. The van der Waals surface area contributed by atoms with E-state index in [0.29, 0.717) is 4.99 Å². The van der Waals surface area contributed by atoms with E-state index in [1.807, 2.05) is 24.4 Å². The molecule has 0 atom stereocenters. The minimum absolute atomic E-state index is 0.421. The van der Waals surface area contributed by atoms with Crippen LogP contribution in [0.25, 0.3) is 0 Å². The number of thiocarbonyl (C=S) groups is 1. The van der Waals surface area contributed by atoms with Crippen LogP contribution < -0.4 is 11.1 Å². The van der Waals surface area contributed by atoms with E-state index in [0.717, 1.165) is 35.0 Å². The normalized spacial score (nSPS) is 10.4. The number of anilines is 1. The summed E-state index contributed by atoms with van der Waals surface area (Å²) in [4.78, 5) is 1.54. The number of nitrogens with two attached hydrogens (primary N) is 1. The maximum Gasteiger partial charge on any atom is 0.107 e. The fourth-order valence-electron chi connectivity index (χ4n) is 1.87. The SMILES string of the molecule is CCSc1cccc(NCCn2ccnn2)c1C(N)=S. The van der Waals surface area contributed by atoms with E-state index < -0.39 is 0 Å². The van der Waals surface area contributed by atoms with Gasteiger partial charge in [-0.15, -0.1) is 16.9 Å². The predicted molar refractivity (Wildman–Crippen MR) is 87.2 cm³/mol. The van der Waals surface area contributed by atoms with E-state index in [-0.39, 0.29) is 0 Å². The highest BCUT2D eigenvalue weighted by Crippen LogP contribution is 2.28. The number of benzene rings is 1. The van der Waals surface area contributed by atoms with Gasteiger partial charge in [-0.05, 0) is 17.9 Å². The quantitative estimate of drug-likeness (QED) is 0.603. The number of hydrogen-bond acceptors (Lipinski definition) is 5. The molecule has 2 rings (SSSR count). The summed E-state index contributed by atoms with van der Waals surface area (Å²) in [5, 5.41) is 11.1. The highest BCUT2D eigenvalue weighted by atomic mass is 32.2. The maximum atomic E-state index is 5.86. The molecule has 1 aromatic heterocycles. The van der Waals surface area contributed by atoms with Gasteiger partial charge in [0.15, 0.2) is 0 Å². The molecule has 0 amide bonds. The van der Waals surface area contributed by atoms with Crippen molar-refractivity contribution < 1.29 is 0 Å². The summed E-state index contributed by atoms with van der Waals surface area (Å²) < 4.78 is 1.78. The third kappa shape index (κ3) is 3.71. The number of nitrogens with zero attached hydrogens (tertiary/aromatic N) is 3. The Kier molecular flexibility index (Phi) is 5.37. The molecule has 0 radical (unpaired) electrons. The Labute approximate surface area is 127 Å². The Morgan fingerprint density at radius 2 is 2.35 bits per heavy atom. The van der Waals surface area contributed by atoms with Gasteiger partial charge in [0.2, 0.25) is 0 Å². The molecule has 0 saturated carbocycles. The summed E-state index contributed by atoms with van der Waals surface area (Å²) in [5.41, 5.74) is 7.76. The lowest BCUT2D eigenvalue weighted by molar-refractivity contribution is 0.609. The molecule has 0 fully saturated rings. The van der Waals surface area contributed by atoms with E-state index in [4.69, 9.17) is 18.0 Å². The number of nitrogens with one attached hydrogen (secondary N) is 1. The average molecular weight is 307 g/mol. The van der Waals surface area contributed by atoms with E-state index in [9.17, 15) is 0 Å². The van der Waals surface area contributed by atoms with Crippen LogP contribution in [-0.2, 0) is 6.54 Å². The number of aromatic nitrogens is 3. The molecule has 0 aliphatic rings. The molecule has 1 aromatic carbocycles. The van der Waals surface area contributed by atoms with Gasteiger partial charge in [0, 0.05) is 28.9 Å². The van der Waals surface area contributed by atoms with Crippen LogP contribution in [0.5, 0.6) is 0 Å². The minimum Gasteiger partial charge on any atom is -0.389 e. The first-order valence-corrected chi connectivity index (χ1v) is 7.75. The van der Waals surface area contributed by atoms with Gasteiger partial charge in [-0.25, -0.2) is 0 Å².